The fraction of sp³-hybridized carbons (Fsp3) is 0.105. The number of ether oxygens (including phenoxy) is 1. The molecule has 0 atom stereocenters. The monoisotopic (exact) mass is 386 g/mol. The van der Waals surface area contributed by atoms with E-state index in [4.69, 9.17) is 20.8 Å². The molecule has 0 aliphatic carbocycles. The van der Waals surface area contributed by atoms with Gasteiger partial charge in [0.2, 0.25) is 0 Å². The van der Waals surface area contributed by atoms with E-state index < -0.39 is 17.2 Å². The largest absolute Gasteiger partial charge is 0.494 e. The Bertz CT molecular complexity index is 1060. The molecule has 0 saturated heterocycles. The summed E-state index contributed by atoms with van der Waals surface area (Å²) in [5, 5.41) is 0.645. The van der Waals surface area contributed by atoms with Crippen LogP contribution in [0.1, 0.15) is 27.8 Å². The number of carbonyl (C=O) groups excluding carboxylic acids is 2. The van der Waals surface area contributed by atoms with Gasteiger partial charge in [-0.3, -0.25) is 25.2 Å². The molecule has 0 spiro atoms. The van der Waals surface area contributed by atoms with Crippen molar-refractivity contribution in [2.75, 3.05) is 6.61 Å². The summed E-state index contributed by atoms with van der Waals surface area (Å²) in [7, 11) is 0. The van der Waals surface area contributed by atoms with Crippen molar-refractivity contribution in [3.05, 3.63) is 75.1 Å². The zero-order chi connectivity index (χ0) is 19.4. The second-order valence-electron chi connectivity index (χ2n) is 5.48. The van der Waals surface area contributed by atoms with Gasteiger partial charge in [0, 0.05) is 16.7 Å². The van der Waals surface area contributed by atoms with Crippen molar-refractivity contribution in [3.63, 3.8) is 0 Å². The summed E-state index contributed by atoms with van der Waals surface area (Å²) in [6, 6.07) is 12.0. The molecule has 0 aliphatic rings. The summed E-state index contributed by atoms with van der Waals surface area (Å²) in [5.74, 6) is -0.887. The van der Waals surface area contributed by atoms with Crippen LogP contribution in [0.4, 0.5) is 0 Å². The van der Waals surface area contributed by atoms with E-state index in [0.717, 1.165) is 6.07 Å². The number of carbonyl (C=O) groups is 2. The quantitative estimate of drug-likeness (QED) is 0.672. The Hall–Kier alpha value is -3.32. The first-order valence-electron chi connectivity index (χ1n) is 8.05. The Labute approximate surface area is 158 Å². The highest BCUT2D eigenvalue weighted by Crippen LogP contribution is 2.17. The number of benzene rings is 2. The van der Waals surface area contributed by atoms with Crippen LogP contribution in [0.15, 0.2) is 57.7 Å². The number of halogens is 1. The third-order valence-electron chi connectivity index (χ3n) is 3.63. The highest BCUT2D eigenvalue weighted by atomic mass is 35.5. The molecule has 3 aromatic rings. The molecule has 2 N–H and O–H groups in total. The van der Waals surface area contributed by atoms with Crippen LogP contribution in [0.3, 0.4) is 0 Å². The number of nitrogens with one attached hydrogen (secondary N) is 2. The Kier molecular flexibility index (Phi) is 5.42. The molecule has 0 saturated carbocycles. The van der Waals surface area contributed by atoms with Crippen LogP contribution in [0, 0.1) is 0 Å². The van der Waals surface area contributed by atoms with E-state index in [1.165, 1.54) is 12.1 Å². The molecule has 7 nitrogen and oxygen atoms in total. The average Bonchev–Trinajstić information content (AvgIpc) is 2.67. The molecule has 1 aromatic heterocycles. The van der Waals surface area contributed by atoms with Crippen LogP contribution in [-0.2, 0) is 0 Å². The van der Waals surface area contributed by atoms with Gasteiger partial charge in [0.25, 0.3) is 5.91 Å². The van der Waals surface area contributed by atoms with Gasteiger partial charge in [-0.05, 0) is 49.4 Å². The van der Waals surface area contributed by atoms with E-state index in [1.54, 1.807) is 30.3 Å². The predicted molar refractivity (Wildman–Crippen MR) is 100 cm³/mol. The van der Waals surface area contributed by atoms with E-state index >= 15 is 0 Å². The average molecular weight is 387 g/mol. The molecule has 0 aliphatic heterocycles. The van der Waals surface area contributed by atoms with E-state index in [2.05, 4.69) is 10.9 Å². The van der Waals surface area contributed by atoms with Crippen LogP contribution >= 0.6 is 11.6 Å². The molecule has 8 heteroatoms. The van der Waals surface area contributed by atoms with Gasteiger partial charge in [0.05, 0.1) is 12.0 Å². The SMILES string of the molecule is CCOc1ccc(C(=O)NNC(=O)c2cc(=O)c3cc(Cl)ccc3o2)cc1. The molecule has 2 aromatic carbocycles. The number of amides is 2. The highest BCUT2D eigenvalue weighted by Gasteiger charge is 2.14. The van der Waals surface area contributed by atoms with Gasteiger partial charge in [0.1, 0.15) is 11.3 Å². The van der Waals surface area contributed by atoms with Crippen LogP contribution in [0.25, 0.3) is 11.0 Å². The molecule has 0 unspecified atom stereocenters. The van der Waals surface area contributed by atoms with Crippen molar-refractivity contribution < 1.29 is 18.7 Å². The standard InChI is InChI=1S/C19H15ClN2O5/c1-2-26-13-6-3-11(4-7-13)18(24)21-22-19(25)17-10-15(23)14-9-12(20)5-8-16(14)27-17/h3-10H,2H2,1H3,(H,21,24)(H,22,25). The molecule has 3 rings (SSSR count). The zero-order valence-electron chi connectivity index (χ0n) is 14.2. The molecule has 0 fully saturated rings. The Morgan fingerprint density at radius 3 is 2.44 bits per heavy atom. The summed E-state index contributed by atoms with van der Waals surface area (Å²) >= 11 is 5.85. The Morgan fingerprint density at radius 2 is 1.74 bits per heavy atom. The summed E-state index contributed by atoms with van der Waals surface area (Å²) in [4.78, 5) is 36.4. The van der Waals surface area contributed by atoms with Gasteiger partial charge in [-0.1, -0.05) is 11.6 Å². The lowest BCUT2D eigenvalue weighted by atomic mass is 10.2. The molecular weight excluding hydrogens is 372 g/mol. The van der Waals surface area contributed by atoms with E-state index in [9.17, 15) is 14.4 Å². The molecule has 0 radical (unpaired) electrons. The molecule has 27 heavy (non-hydrogen) atoms. The van der Waals surface area contributed by atoms with Gasteiger partial charge in [-0.2, -0.15) is 0 Å². The zero-order valence-corrected chi connectivity index (χ0v) is 15.0. The maximum Gasteiger partial charge on any atom is 0.305 e. The molecule has 1 heterocycles. The highest BCUT2D eigenvalue weighted by molar-refractivity contribution is 6.31. The third-order valence-corrected chi connectivity index (χ3v) is 3.87. The number of hydrazine groups is 1. The predicted octanol–water partition coefficient (Wildman–Crippen LogP) is 2.92. The lowest BCUT2D eigenvalue weighted by molar-refractivity contribution is 0.0831. The molecule has 138 valence electrons. The van der Waals surface area contributed by atoms with Gasteiger partial charge in [-0.25, -0.2) is 0 Å². The van der Waals surface area contributed by atoms with Gasteiger partial charge in [-0.15, -0.1) is 0 Å². The summed E-state index contributed by atoms with van der Waals surface area (Å²) in [5.41, 5.74) is 4.60. The molecule has 0 bridgehead atoms. The number of rotatable bonds is 4. The maximum absolute atomic E-state index is 12.2. The lowest BCUT2D eigenvalue weighted by Crippen LogP contribution is -2.41. The van der Waals surface area contributed by atoms with E-state index in [1.807, 2.05) is 6.92 Å². The smallest absolute Gasteiger partial charge is 0.305 e. The van der Waals surface area contributed by atoms with Crippen LogP contribution < -0.4 is 21.0 Å². The lowest BCUT2D eigenvalue weighted by Gasteiger charge is -2.08. The minimum Gasteiger partial charge on any atom is -0.494 e. The third kappa shape index (κ3) is 4.27. The van der Waals surface area contributed by atoms with Crippen molar-refractivity contribution in [1.82, 2.24) is 10.9 Å². The first-order valence-corrected chi connectivity index (χ1v) is 8.42. The normalized spacial score (nSPS) is 10.4. The van der Waals surface area contributed by atoms with Crippen LogP contribution in [-0.4, -0.2) is 18.4 Å². The van der Waals surface area contributed by atoms with Crippen molar-refractivity contribution >= 4 is 34.4 Å². The summed E-state index contributed by atoms with van der Waals surface area (Å²) in [6.07, 6.45) is 0. The second-order valence-corrected chi connectivity index (χ2v) is 5.92. The second kappa shape index (κ2) is 7.92. The van der Waals surface area contributed by atoms with Crippen molar-refractivity contribution in [2.24, 2.45) is 0 Å². The Balaban J connectivity index is 1.70. The minimum absolute atomic E-state index is 0.217. The molecule has 2 amide bonds. The first-order chi connectivity index (χ1) is 13.0. The summed E-state index contributed by atoms with van der Waals surface area (Å²) < 4.78 is 10.7. The van der Waals surface area contributed by atoms with E-state index in [-0.39, 0.29) is 16.7 Å². The topological polar surface area (TPSA) is 97.6 Å². The summed E-state index contributed by atoms with van der Waals surface area (Å²) in [6.45, 7) is 2.38. The van der Waals surface area contributed by atoms with Gasteiger partial charge >= 0.3 is 5.91 Å². The van der Waals surface area contributed by atoms with Gasteiger partial charge < -0.3 is 9.15 Å². The van der Waals surface area contributed by atoms with Crippen molar-refractivity contribution in [2.45, 2.75) is 6.92 Å². The van der Waals surface area contributed by atoms with Gasteiger partial charge in [0.15, 0.2) is 11.2 Å². The fourth-order valence-corrected chi connectivity index (χ4v) is 2.53. The van der Waals surface area contributed by atoms with Crippen LogP contribution in [0.5, 0.6) is 5.75 Å². The maximum atomic E-state index is 12.2. The number of hydrogen-bond acceptors (Lipinski definition) is 5. The first kappa shape index (κ1) is 18.5. The fourth-order valence-electron chi connectivity index (χ4n) is 2.36. The van der Waals surface area contributed by atoms with Crippen molar-refractivity contribution in [3.8, 4) is 5.75 Å². The number of fused-ring (bicyclic) bond motifs is 1. The Morgan fingerprint density at radius 1 is 1.04 bits per heavy atom. The molecular formula is C19H15ClN2O5. The minimum atomic E-state index is -0.761. The van der Waals surface area contributed by atoms with Crippen LogP contribution in [0.2, 0.25) is 5.02 Å². The van der Waals surface area contributed by atoms with Crippen molar-refractivity contribution in [1.29, 1.82) is 0 Å². The van der Waals surface area contributed by atoms with E-state index in [0.29, 0.717) is 22.9 Å². The number of hydrogen-bond donors (Lipinski definition) is 2.